The maximum atomic E-state index is 11.3. The molecule has 5 nitrogen and oxygen atoms in total. The molecular formula is C23H28O5. The highest BCUT2D eigenvalue weighted by molar-refractivity contribution is 5.73. The molecule has 2 rings (SSSR count). The number of hydrogen-bond acceptors (Lipinski definition) is 5. The van der Waals surface area contributed by atoms with E-state index in [2.05, 4.69) is 12.1 Å². The van der Waals surface area contributed by atoms with Gasteiger partial charge in [0, 0.05) is 13.8 Å². The third-order valence-electron chi connectivity index (χ3n) is 4.38. The number of benzene rings is 2. The van der Waals surface area contributed by atoms with Gasteiger partial charge in [-0.2, -0.15) is 0 Å². The number of aliphatic hydroxyl groups excluding tert-OH is 1. The van der Waals surface area contributed by atoms with Crippen LogP contribution in [0.5, 0.6) is 11.5 Å². The molecule has 2 aromatic carbocycles. The summed E-state index contributed by atoms with van der Waals surface area (Å²) in [5.41, 5.74) is 2.23. The highest BCUT2D eigenvalue weighted by Gasteiger charge is 2.12. The number of aliphatic hydroxyl groups is 1. The van der Waals surface area contributed by atoms with E-state index in [4.69, 9.17) is 9.47 Å². The summed E-state index contributed by atoms with van der Waals surface area (Å²) in [7, 11) is 0. The van der Waals surface area contributed by atoms with Crippen molar-refractivity contribution in [2.24, 2.45) is 0 Å². The van der Waals surface area contributed by atoms with Crippen LogP contribution in [0.25, 0.3) is 0 Å². The van der Waals surface area contributed by atoms with Gasteiger partial charge in [0.2, 0.25) is 0 Å². The third-order valence-corrected chi connectivity index (χ3v) is 4.38. The second-order valence-electron chi connectivity index (χ2n) is 6.89. The second-order valence-corrected chi connectivity index (χ2v) is 6.89. The number of ether oxygens (including phenoxy) is 2. The summed E-state index contributed by atoms with van der Waals surface area (Å²) in [6, 6.07) is 15.4. The van der Waals surface area contributed by atoms with Crippen molar-refractivity contribution >= 4 is 11.9 Å². The molecule has 0 amide bonds. The molecule has 0 fully saturated rings. The van der Waals surface area contributed by atoms with Crippen molar-refractivity contribution in [3.8, 4) is 11.5 Å². The monoisotopic (exact) mass is 384 g/mol. The van der Waals surface area contributed by atoms with E-state index in [9.17, 15) is 14.7 Å². The maximum absolute atomic E-state index is 11.3. The Balaban J connectivity index is 1.80. The quantitative estimate of drug-likeness (QED) is 0.377. The second kappa shape index (κ2) is 11.2. The van der Waals surface area contributed by atoms with Crippen LogP contribution in [-0.2, 0) is 22.4 Å². The Morgan fingerprint density at radius 2 is 1.50 bits per heavy atom. The van der Waals surface area contributed by atoms with E-state index in [0.29, 0.717) is 12.8 Å². The molecule has 0 aliphatic rings. The van der Waals surface area contributed by atoms with Gasteiger partial charge < -0.3 is 14.6 Å². The first kappa shape index (κ1) is 21.6. The van der Waals surface area contributed by atoms with Crippen LogP contribution in [0.3, 0.4) is 0 Å². The van der Waals surface area contributed by atoms with Crippen molar-refractivity contribution in [2.45, 2.75) is 58.5 Å². The summed E-state index contributed by atoms with van der Waals surface area (Å²) in [6.45, 7) is 2.59. The molecular weight excluding hydrogens is 356 g/mol. The predicted molar refractivity (Wildman–Crippen MR) is 107 cm³/mol. The van der Waals surface area contributed by atoms with Crippen molar-refractivity contribution in [2.75, 3.05) is 0 Å². The zero-order valence-corrected chi connectivity index (χ0v) is 16.5. The smallest absolute Gasteiger partial charge is 0.308 e. The number of esters is 2. The molecule has 28 heavy (non-hydrogen) atoms. The molecule has 0 aliphatic carbocycles. The molecule has 0 radical (unpaired) electrons. The van der Waals surface area contributed by atoms with Crippen LogP contribution in [0.1, 0.15) is 50.7 Å². The topological polar surface area (TPSA) is 72.8 Å². The lowest BCUT2D eigenvalue weighted by molar-refractivity contribution is -0.134. The Hall–Kier alpha value is -2.66. The lowest BCUT2D eigenvalue weighted by atomic mass is 10.0. The minimum absolute atomic E-state index is 0.216. The molecule has 1 atom stereocenters. The van der Waals surface area contributed by atoms with Gasteiger partial charge in [-0.3, -0.25) is 9.59 Å². The molecule has 150 valence electrons. The van der Waals surface area contributed by atoms with E-state index < -0.39 is 11.9 Å². The van der Waals surface area contributed by atoms with E-state index in [-0.39, 0.29) is 17.6 Å². The summed E-state index contributed by atoms with van der Waals surface area (Å²) < 4.78 is 10.2. The van der Waals surface area contributed by atoms with Gasteiger partial charge in [-0.25, -0.2) is 0 Å². The molecule has 1 N–H and O–H groups in total. The van der Waals surface area contributed by atoms with Crippen molar-refractivity contribution in [1.29, 1.82) is 0 Å². The SMILES string of the molecule is CC(=O)Oc1ccc(CC[C@@H](O)CCCCc2ccccc2)cc1OC(C)=O. The standard InChI is InChI=1S/C23H28O5/c1-17(24)27-22-15-13-20(16-23(22)28-18(2)25)12-14-21(26)11-7-6-10-19-8-4-3-5-9-19/h3-5,8-9,13,15-16,21,26H,6-7,10-12,14H2,1-2H3/t21-/m0/s1. The van der Waals surface area contributed by atoms with E-state index >= 15 is 0 Å². The fourth-order valence-electron chi connectivity index (χ4n) is 3.01. The van der Waals surface area contributed by atoms with Gasteiger partial charge in [0.05, 0.1) is 6.10 Å². The van der Waals surface area contributed by atoms with Gasteiger partial charge >= 0.3 is 11.9 Å². The van der Waals surface area contributed by atoms with Gasteiger partial charge in [-0.15, -0.1) is 0 Å². The van der Waals surface area contributed by atoms with Crippen LogP contribution < -0.4 is 9.47 Å². The largest absolute Gasteiger partial charge is 0.423 e. The molecule has 0 aliphatic heterocycles. The van der Waals surface area contributed by atoms with Gasteiger partial charge in [-0.1, -0.05) is 42.8 Å². The molecule has 0 saturated carbocycles. The van der Waals surface area contributed by atoms with Crippen LogP contribution in [0.15, 0.2) is 48.5 Å². The third kappa shape index (κ3) is 7.92. The molecule has 0 saturated heterocycles. The van der Waals surface area contributed by atoms with E-state index in [1.807, 2.05) is 24.3 Å². The fraction of sp³-hybridized carbons (Fsp3) is 0.391. The fourth-order valence-corrected chi connectivity index (χ4v) is 3.01. The first-order valence-corrected chi connectivity index (χ1v) is 9.66. The Labute approximate surface area is 166 Å². The number of rotatable bonds is 10. The Morgan fingerprint density at radius 3 is 2.18 bits per heavy atom. The van der Waals surface area contributed by atoms with E-state index in [1.54, 1.807) is 12.1 Å². The average molecular weight is 384 g/mol. The highest BCUT2D eigenvalue weighted by Crippen LogP contribution is 2.29. The summed E-state index contributed by atoms with van der Waals surface area (Å²) in [6.07, 6.45) is 4.70. The van der Waals surface area contributed by atoms with Crippen molar-refractivity contribution in [3.05, 3.63) is 59.7 Å². The zero-order valence-electron chi connectivity index (χ0n) is 16.5. The summed E-state index contributed by atoms with van der Waals surface area (Å²) in [5, 5.41) is 10.2. The average Bonchev–Trinajstić information content (AvgIpc) is 2.65. The number of hydrogen-bond donors (Lipinski definition) is 1. The van der Waals surface area contributed by atoms with Crippen molar-refractivity contribution < 1.29 is 24.2 Å². The Kier molecular flexibility index (Phi) is 8.69. The first-order valence-electron chi connectivity index (χ1n) is 9.66. The number of aryl methyl sites for hydroxylation is 2. The molecule has 0 heterocycles. The van der Waals surface area contributed by atoms with Gasteiger partial charge in [-0.05, 0) is 55.4 Å². The van der Waals surface area contributed by atoms with Gasteiger partial charge in [0.15, 0.2) is 11.5 Å². The Morgan fingerprint density at radius 1 is 0.821 bits per heavy atom. The normalized spacial score (nSPS) is 11.7. The van der Waals surface area contributed by atoms with Crippen LogP contribution in [0.2, 0.25) is 0 Å². The lowest BCUT2D eigenvalue weighted by Crippen LogP contribution is -2.09. The van der Waals surface area contributed by atoms with E-state index in [0.717, 1.165) is 31.2 Å². The summed E-state index contributed by atoms with van der Waals surface area (Å²) in [4.78, 5) is 22.4. The molecule has 0 aromatic heterocycles. The van der Waals surface area contributed by atoms with Crippen molar-refractivity contribution in [3.63, 3.8) is 0 Å². The van der Waals surface area contributed by atoms with Gasteiger partial charge in [0.25, 0.3) is 0 Å². The van der Waals surface area contributed by atoms with Crippen LogP contribution in [-0.4, -0.2) is 23.1 Å². The maximum Gasteiger partial charge on any atom is 0.308 e. The Bertz CT molecular complexity index is 770. The van der Waals surface area contributed by atoms with Crippen molar-refractivity contribution in [1.82, 2.24) is 0 Å². The van der Waals surface area contributed by atoms with Crippen LogP contribution in [0, 0.1) is 0 Å². The minimum atomic E-state index is -0.482. The van der Waals surface area contributed by atoms with Gasteiger partial charge in [0.1, 0.15) is 0 Å². The molecule has 0 bridgehead atoms. The first-order chi connectivity index (χ1) is 13.4. The molecule has 2 aromatic rings. The summed E-state index contributed by atoms with van der Waals surface area (Å²) >= 11 is 0. The van der Waals surface area contributed by atoms with Crippen LogP contribution >= 0.6 is 0 Å². The number of unbranched alkanes of at least 4 members (excludes halogenated alkanes) is 1. The summed E-state index contributed by atoms with van der Waals surface area (Å²) in [5.74, 6) is -0.526. The predicted octanol–water partition coefficient (Wildman–Crippen LogP) is 4.24. The molecule has 0 spiro atoms. The minimum Gasteiger partial charge on any atom is -0.423 e. The lowest BCUT2D eigenvalue weighted by Gasteiger charge is -2.13. The molecule has 0 unspecified atom stereocenters. The molecule has 5 heteroatoms. The number of carbonyl (C=O) groups is 2. The van der Waals surface area contributed by atoms with E-state index in [1.165, 1.54) is 19.4 Å². The number of carbonyl (C=O) groups excluding carboxylic acids is 2. The highest BCUT2D eigenvalue weighted by atomic mass is 16.6. The zero-order chi connectivity index (χ0) is 20.4. The van der Waals surface area contributed by atoms with Crippen LogP contribution in [0.4, 0.5) is 0 Å².